The monoisotopic (exact) mass is 468 g/mol. The van der Waals surface area contributed by atoms with Crippen molar-refractivity contribution in [3.8, 4) is 11.1 Å². The smallest absolute Gasteiger partial charge is 0.227 e. The van der Waals surface area contributed by atoms with E-state index in [4.69, 9.17) is 11.6 Å². The van der Waals surface area contributed by atoms with E-state index in [1.807, 2.05) is 54.6 Å². The zero-order chi connectivity index (χ0) is 22.6. The van der Waals surface area contributed by atoms with Gasteiger partial charge in [0.05, 0.1) is 5.75 Å². The number of hydrogen-bond acceptors (Lipinski definition) is 3. The number of carbonyl (C=O) groups is 1. The van der Waals surface area contributed by atoms with Crippen LogP contribution in [0.15, 0.2) is 78.9 Å². The highest BCUT2D eigenvalue weighted by Crippen LogP contribution is 2.29. The standard InChI is InChI=1S/C25H25ClN2O3S/c26-22-12-10-19(11-13-22)18-32(30,31)28-16-14-21(15-17-28)25(29)27-24-9-5-4-8-23(24)20-6-2-1-3-7-20/h1-13,21H,14-18H2,(H,27,29). The van der Waals surface area contributed by atoms with Gasteiger partial charge in [0.2, 0.25) is 15.9 Å². The SMILES string of the molecule is O=C(Nc1ccccc1-c1ccccc1)C1CCN(S(=O)(=O)Cc2ccc(Cl)cc2)CC1. The van der Waals surface area contributed by atoms with Gasteiger partial charge in [-0.2, -0.15) is 0 Å². The zero-order valence-electron chi connectivity index (χ0n) is 17.6. The molecule has 0 aliphatic carbocycles. The Labute approximate surface area is 194 Å². The second-order valence-electron chi connectivity index (χ2n) is 7.96. The first-order chi connectivity index (χ1) is 15.4. The number of benzene rings is 3. The molecule has 0 bridgehead atoms. The van der Waals surface area contributed by atoms with Gasteiger partial charge in [-0.15, -0.1) is 0 Å². The lowest BCUT2D eigenvalue weighted by molar-refractivity contribution is -0.120. The van der Waals surface area contributed by atoms with Crippen LogP contribution in [-0.4, -0.2) is 31.7 Å². The average molecular weight is 469 g/mol. The van der Waals surface area contributed by atoms with Crippen LogP contribution in [0.5, 0.6) is 0 Å². The molecule has 1 aliphatic heterocycles. The van der Waals surface area contributed by atoms with Crippen molar-refractivity contribution >= 4 is 33.2 Å². The molecule has 3 aromatic rings. The molecule has 5 nitrogen and oxygen atoms in total. The number of rotatable bonds is 6. The third-order valence-corrected chi connectivity index (χ3v) is 7.85. The second kappa shape index (κ2) is 9.86. The summed E-state index contributed by atoms with van der Waals surface area (Å²) in [5.74, 6) is -0.352. The Bertz CT molecular complexity index is 1170. The lowest BCUT2D eigenvalue weighted by Crippen LogP contribution is -2.41. The van der Waals surface area contributed by atoms with Crippen LogP contribution in [0.1, 0.15) is 18.4 Å². The fourth-order valence-corrected chi connectivity index (χ4v) is 5.66. The molecule has 0 unspecified atom stereocenters. The highest BCUT2D eigenvalue weighted by molar-refractivity contribution is 7.88. The van der Waals surface area contributed by atoms with Crippen molar-refractivity contribution in [1.29, 1.82) is 0 Å². The number of hydrogen-bond donors (Lipinski definition) is 1. The Kier molecular flexibility index (Phi) is 6.94. The van der Waals surface area contributed by atoms with E-state index in [0.717, 1.165) is 16.8 Å². The van der Waals surface area contributed by atoms with Crippen molar-refractivity contribution in [1.82, 2.24) is 4.31 Å². The van der Waals surface area contributed by atoms with E-state index in [0.29, 0.717) is 36.5 Å². The van der Waals surface area contributed by atoms with Gasteiger partial charge in [0.15, 0.2) is 0 Å². The molecule has 166 valence electrons. The molecular formula is C25H25ClN2O3S. The molecule has 0 saturated carbocycles. The summed E-state index contributed by atoms with van der Waals surface area (Å²) in [7, 11) is -3.44. The number of sulfonamides is 1. The summed E-state index contributed by atoms with van der Waals surface area (Å²) < 4.78 is 27.1. The molecule has 1 amide bonds. The van der Waals surface area contributed by atoms with Crippen molar-refractivity contribution in [3.63, 3.8) is 0 Å². The Morgan fingerprint density at radius 1 is 0.906 bits per heavy atom. The summed E-state index contributed by atoms with van der Waals surface area (Å²) in [6.07, 6.45) is 0.998. The summed E-state index contributed by atoms with van der Waals surface area (Å²) in [6, 6.07) is 24.5. The third kappa shape index (κ3) is 5.38. The molecule has 1 N–H and O–H groups in total. The van der Waals surface area contributed by atoms with Crippen molar-refractivity contribution in [2.75, 3.05) is 18.4 Å². The number of halogens is 1. The maximum atomic E-state index is 12.9. The topological polar surface area (TPSA) is 66.5 Å². The van der Waals surface area contributed by atoms with Crippen molar-refractivity contribution < 1.29 is 13.2 Å². The van der Waals surface area contributed by atoms with Gasteiger partial charge in [-0.25, -0.2) is 12.7 Å². The Morgan fingerprint density at radius 3 is 2.22 bits per heavy atom. The lowest BCUT2D eigenvalue weighted by Gasteiger charge is -2.30. The molecule has 1 fully saturated rings. The molecule has 0 radical (unpaired) electrons. The van der Waals surface area contributed by atoms with Crippen LogP contribution < -0.4 is 5.32 Å². The fraction of sp³-hybridized carbons (Fsp3) is 0.240. The van der Waals surface area contributed by atoms with Crippen LogP contribution in [0.3, 0.4) is 0 Å². The third-order valence-electron chi connectivity index (χ3n) is 5.75. The van der Waals surface area contributed by atoms with Crippen molar-refractivity contribution in [2.24, 2.45) is 5.92 Å². The summed E-state index contributed by atoms with van der Waals surface area (Å²) in [4.78, 5) is 12.9. The van der Waals surface area contributed by atoms with Crippen LogP contribution in [0.4, 0.5) is 5.69 Å². The highest BCUT2D eigenvalue weighted by Gasteiger charge is 2.31. The van der Waals surface area contributed by atoms with Crippen LogP contribution in [0.2, 0.25) is 5.02 Å². The van der Waals surface area contributed by atoms with E-state index in [-0.39, 0.29) is 17.6 Å². The molecule has 32 heavy (non-hydrogen) atoms. The molecule has 0 spiro atoms. The lowest BCUT2D eigenvalue weighted by atomic mass is 9.96. The van der Waals surface area contributed by atoms with Crippen molar-refractivity contribution in [3.05, 3.63) is 89.4 Å². The zero-order valence-corrected chi connectivity index (χ0v) is 19.1. The highest BCUT2D eigenvalue weighted by atomic mass is 35.5. The van der Waals surface area contributed by atoms with E-state index in [1.54, 1.807) is 24.3 Å². The second-order valence-corrected chi connectivity index (χ2v) is 10.4. The molecule has 1 heterocycles. The molecular weight excluding hydrogens is 444 g/mol. The summed E-state index contributed by atoms with van der Waals surface area (Å²) >= 11 is 5.88. The number of amides is 1. The number of piperidine rings is 1. The molecule has 0 atom stereocenters. The van der Waals surface area contributed by atoms with Gasteiger partial charge in [-0.05, 0) is 42.2 Å². The predicted molar refractivity (Wildman–Crippen MR) is 129 cm³/mol. The fourth-order valence-electron chi connectivity index (χ4n) is 3.98. The average Bonchev–Trinajstić information content (AvgIpc) is 2.81. The van der Waals surface area contributed by atoms with Gasteiger partial charge < -0.3 is 5.32 Å². The summed E-state index contributed by atoms with van der Waals surface area (Å²) in [5.41, 5.74) is 3.46. The first-order valence-corrected chi connectivity index (χ1v) is 12.6. The van der Waals surface area contributed by atoms with E-state index in [1.165, 1.54) is 4.31 Å². The quantitative estimate of drug-likeness (QED) is 0.541. The molecule has 4 rings (SSSR count). The number of carbonyl (C=O) groups excluding carboxylic acids is 1. The molecule has 1 aliphatic rings. The van der Waals surface area contributed by atoms with Gasteiger partial charge in [0.1, 0.15) is 0 Å². The molecule has 1 saturated heterocycles. The Morgan fingerprint density at radius 2 is 1.53 bits per heavy atom. The Balaban J connectivity index is 1.38. The van der Waals surface area contributed by atoms with E-state index < -0.39 is 10.0 Å². The van der Waals surface area contributed by atoms with Crippen LogP contribution >= 0.6 is 11.6 Å². The number of nitrogens with one attached hydrogen (secondary N) is 1. The van der Waals surface area contributed by atoms with E-state index in [9.17, 15) is 13.2 Å². The van der Waals surface area contributed by atoms with Crippen LogP contribution in [-0.2, 0) is 20.6 Å². The van der Waals surface area contributed by atoms with Crippen molar-refractivity contribution in [2.45, 2.75) is 18.6 Å². The van der Waals surface area contributed by atoms with Crippen LogP contribution in [0.25, 0.3) is 11.1 Å². The number of para-hydroxylation sites is 1. The maximum absolute atomic E-state index is 12.9. The van der Waals surface area contributed by atoms with Gasteiger partial charge >= 0.3 is 0 Å². The van der Waals surface area contributed by atoms with E-state index in [2.05, 4.69) is 5.32 Å². The first kappa shape index (κ1) is 22.5. The predicted octanol–water partition coefficient (Wildman–Crippen LogP) is 5.19. The minimum atomic E-state index is -3.44. The van der Waals surface area contributed by atoms with Gasteiger partial charge in [-0.1, -0.05) is 72.3 Å². The largest absolute Gasteiger partial charge is 0.325 e. The molecule has 0 aromatic heterocycles. The summed E-state index contributed by atoms with van der Waals surface area (Å²) in [5, 5.41) is 3.63. The molecule has 7 heteroatoms. The van der Waals surface area contributed by atoms with E-state index >= 15 is 0 Å². The number of anilines is 1. The maximum Gasteiger partial charge on any atom is 0.227 e. The minimum Gasteiger partial charge on any atom is -0.325 e. The summed E-state index contributed by atoms with van der Waals surface area (Å²) in [6.45, 7) is 0.683. The normalized spacial score (nSPS) is 15.4. The van der Waals surface area contributed by atoms with Gasteiger partial charge in [-0.3, -0.25) is 4.79 Å². The minimum absolute atomic E-state index is 0.0640. The van der Waals surface area contributed by atoms with Gasteiger partial charge in [0.25, 0.3) is 0 Å². The van der Waals surface area contributed by atoms with Crippen LogP contribution in [0, 0.1) is 5.92 Å². The first-order valence-electron chi connectivity index (χ1n) is 10.6. The molecule has 3 aromatic carbocycles. The number of nitrogens with zero attached hydrogens (tertiary/aromatic N) is 1. The van der Waals surface area contributed by atoms with Gasteiger partial charge in [0, 0.05) is 35.3 Å². The Hall–Kier alpha value is -2.67.